The van der Waals surface area contributed by atoms with Gasteiger partial charge < -0.3 is 15.6 Å². The number of carboxylic acids is 1. The standard InChI is InChI=1S/C10H15NO3.Li/c11-7(12)9-1-4-10(5-2-9,6-3-9)8(13)14;/h1-6H2,(H2,11,12)(H,13,14);/q;+1/p-1. The number of carboxylic acid groups (broad SMARTS) is 1. The molecule has 0 atom stereocenters. The fourth-order valence-electron chi connectivity index (χ4n) is 2.86. The fourth-order valence-corrected chi connectivity index (χ4v) is 2.86. The smallest absolute Gasteiger partial charge is 0.550 e. The molecule has 5 heteroatoms. The van der Waals surface area contributed by atoms with Crippen molar-refractivity contribution < 1.29 is 33.6 Å². The van der Waals surface area contributed by atoms with Gasteiger partial charge in [0, 0.05) is 16.8 Å². The van der Waals surface area contributed by atoms with Crippen molar-refractivity contribution in [3.05, 3.63) is 0 Å². The van der Waals surface area contributed by atoms with E-state index >= 15 is 0 Å². The second kappa shape index (κ2) is 3.84. The molecule has 2 bridgehead atoms. The topological polar surface area (TPSA) is 83.2 Å². The van der Waals surface area contributed by atoms with E-state index in [4.69, 9.17) is 5.73 Å². The van der Waals surface area contributed by atoms with Crippen LogP contribution in [0.15, 0.2) is 0 Å². The average Bonchev–Trinajstić information content (AvgIpc) is 2.20. The molecule has 0 aromatic rings. The van der Waals surface area contributed by atoms with Crippen LogP contribution in [0, 0.1) is 10.8 Å². The fraction of sp³-hybridized carbons (Fsp3) is 0.800. The van der Waals surface area contributed by atoms with Crippen LogP contribution in [-0.2, 0) is 9.59 Å². The molecule has 0 radical (unpaired) electrons. The Hall–Kier alpha value is -0.463. The normalized spacial score (nSPS) is 38.1. The first-order valence-electron chi connectivity index (χ1n) is 5.02. The number of hydrogen-bond acceptors (Lipinski definition) is 3. The van der Waals surface area contributed by atoms with Crippen LogP contribution in [-0.4, -0.2) is 11.9 Å². The van der Waals surface area contributed by atoms with Crippen LogP contribution < -0.4 is 29.7 Å². The van der Waals surface area contributed by atoms with Gasteiger partial charge in [0.25, 0.3) is 0 Å². The number of hydrogen-bond donors (Lipinski definition) is 1. The predicted octanol–water partition coefficient (Wildman–Crippen LogP) is -3.43. The van der Waals surface area contributed by atoms with Crippen LogP contribution in [0.1, 0.15) is 38.5 Å². The third kappa shape index (κ3) is 1.70. The molecule has 3 saturated carbocycles. The van der Waals surface area contributed by atoms with E-state index in [-0.39, 0.29) is 24.8 Å². The Morgan fingerprint density at radius 2 is 1.27 bits per heavy atom. The molecular formula is C10H14LiNO3. The Morgan fingerprint density at radius 3 is 1.53 bits per heavy atom. The van der Waals surface area contributed by atoms with Gasteiger partial charge in [0.1, 0.15) is 0 Å². The molecule has 1 amide bonds. The maximum absolute atomic E-state index is 11.3. The van der Waals surface area contributed by atoms with Gasteiger partial charge in [-0.1, -0.05) is 0 Å². The SMILES string of the molecule is NC(=O)C12CCC(C(=O)[O-])(CC1)CC2.[Li+]. The van der Waals surface area contributed by atoms with E-state index in [1.807, 2.05) is 0 Å². The van der Waals surface area contributed by atoms with Gasteiger partial charge in [-0.3, -0.25) is 4.79 Å². The molecule has 2 N–H and O–H groups in total. The number of nitrogens with two attached hydrogens (primary N) is 1. The van der Waals surface area contributed by atoms with Crippen molar-refractivity contribution in [2.24, 2.45) is 16.6 Å². The van der Waals surface area contributed by atoms with Crippen molar-refractivity contribution in [3.63, 3.8) is 0 Å². The van der Waals surface area contributed by atoms with E-state index in [0.29, 0.717) is 38.5 Å². The van der Waals surface area contributed by atoms with Crippen LogP contribution in [0.2, 0.25) is 0 Å². The number of aliphatic carboxylic acids is 1. The summed E-state index contributed by atoms with van der Waals surface area (Å²) in [5.74, 6) is -1.21. The van der Waals surface area contributed by atoms with Crippen LogP contribution in [0.3, 0.4) is 0 Å². The zero-order chi connectivity index (χ0) is 10.4. The number of rotatable bonds is 2. The molecule has 3 aliphatic rings. The van der Waals surface area contributed by atoms with Gasteiger partial charge in [0.2, 0.25) is 5.91 Å². The summed E-state index contributed by atoms with van der Waals surface area (Å²) >= 11 is 0. The minimum absolute atomic E-state index is 0. The summed E-state index contributed by atoms with van der Waals surface area (Å²) in [6, 6.07) is 0. The van der Waals surface area contributed by atoms with Crippen molar-refractivity contribution in [3.8, 4) is 0 Å². The van der Waals surface area contributed by atoms with Crippen LogP contribution in [0.25, 0.3) is 0 Å². The van der Waals surface area contributed by atoms with Gasteiger partial charge in [0.15, 0.2) is 0 Å². The third-order valence-corrected chi connectivity index (χ3v) is 4.20. The largest absolute Gasteiger partial charge is 1.00 e. The molecule has 4 nitrogen and oxygen atoms in total. The van der Waals surface area contributed by atoms with Crippen molar-refractivity contribution in [1.82, 2.24) is 0 Å². The van der Waals surface area contributed by atoms with Gasteiger partial charge in [-0.25, -0.2) is 0 Å². The summed E-state index contributed by atoms with van der Waals surface area (Å²) in [7, 11) is 0. The van der Waals surface area contributed by atoms with E-state index in [9.17, 15) is 14.7 Å². The van der Waals surface area contributed by atoms with Crippen LogP contribution in [0.4, 0.5) is 0 Å². The molecule has 0 aromatic heterocycles. The molecule has 0 aliphatic heterocycles. The van der Waals surface area contributed by atoms with Crippen LogP contribution >= 0.6 is 0 Å². The van der Waals surface area contributed by atoms with E-state index in [1.54, 1.807) is 0 Å². The summed E-state index contributed by atoms with van der Waals surface area (Å²) in [6.07, 6.45) is 3.53. The summed E-state index contributed by atoms with van der Waals surface area (Å²) < 4.78 is 0. The van der Waals surface area contributed by atoms with Gasteiger partial charge >= 0.3 is 18.9 Å². The summed E-state index contributed by atoms with van der Waals surface area (Å²) in [6.45, 7) is 0. The monoisotopic (exact) mass is 203 g/mol. The molecule has 0 aromatic carbocycles. The minimum Gasteiger partial charge on any atom is -0.550 e. The van der Waals surface area contributed by atoms with Gasteiger partial charge in [-0.05, 0) is 38.5 Å². The van der Waals surface area contributed by atoms with E-state index in [2.05, 4.69) is 0 Å². The number of fused-ring (bicyclic) bond motifs is 3. The molecule has 78 valence electrons. The van der Waals surface area contributed by atoms with Gasteiger partial charge in [-0.15, -0.1) is 0 Å². The first kappa shape index (κ1) is 12.6. The maximum atomic E-state index is 11.3. The molecule has 15 heavy (non-hydrogen) atoms. The van der Waals surface area contributed by atoms with E-state index in [0.717, 1.165) is 0 Å². The Morgan fingerprint density at radius 1 is 0.933 bits per heavy atom. The molecule has 0 saturated heterocycles. The molecule has 0 spiro atoms. The zero-order valence-corrected chi connectivity index (χ0v) is 9.04. The maximum Gasteiger partial charge on any atom is 1.00 e. The Bertz CT molecular complexity index is 249. The average molecular weight is 203 g/mol. The molecule has 3 aliphatic carbocycles. The Balaban J connectivity index is 0.00000112. The number of primary amides is 1. The number of carbonyl (C=O) groups is 2. The first-order valence-corrected chi connectivity index (χ1v) is 5.02. The Labute approximate surface area is 101 Å². The Kier molecular flexibility index (Phi) is 3.23. The number of carbonyl (C=O) groups excluding carboxylic acids is 2. The predicted molar refractivity (Wildman–Crippen MR) is 46.8 cm³/mol. The minimum atomic E-state index is -0.949. The third-order valence-electron chi connectivity index (χ3n) is 4.20. The number of amides is 1. The van der Waals surface area contributed by atoms with Crippen LogP contribution in [0.5, 0.6) is 0 Å². The summed E-state index contributed by atoms with van der Waals surface area (Å²) in [4.78, 5) is 22.2. The van der Waals surface area contributed by atoms with Crippen molar-refractivity contribution in [2.45, 2.75) is 38.5 Å². The van der Waals surface area contributed by atoms with Crippen molar-refractivity contribution in [2.75, 3.05) is 0 Å². The van der Waals surface area contributed by atoms with Gasteiger partial charge in [0.05, 0.1) is 0 Å². The zero-order valence-electron chi connectivity index (χ0n) is 9.04. The van der Waals surface area contributed by atoms with Gasteiger partial charge in [-0.2, -0.15) is 0 Å². The molecule has 0 heterocycles. The molecular weight excluding hydrogens is 189 g/mol. The quantitative estimate of drug-likeness (QED) is 0.474. The summed E-state index contributed by atoms with van der Waals surface area (Å²) in [5, 5.41) is 11.0. The summed E-state index contributed by atoms with van der Waals surface area (Å²) in [5.41, 5.74) is 4.29. The molecule has 0 unspecified atom stereocenters. The first-order chi connectivity index (χ1) is 6.51. The molecule has 3 rings (SSSR count). The second-order valence-electron chi connectivity index (χ2n) is 4.71. The van der Waals surface area contributed by atoms with E-state index in [1.165, 1.54) is 0 Å². The molecule has 3 fully saturated rings. The van der Waals surface area contributed by atoms with Crippen molar-refractivity contribution in [1.29, 1.82) is 0 Å². The van der Waals surface area contributed by atoms with Crippen molar-refractivity contribution >= 4 is 11.9 Å². The van der Waals surface area contributed by atoms with E-state index < -0.39 is 16.8 Å². The second-order valence-corrected chi connectivity index (χ2v) is 4.71.